The molecule has 33 heavy (non-hydrogen) atoms. The molecule has 2 aromatic carbocycles. The van der Waals surface area contributed by atoms with Gasteiger partial charge in [0.25, 0.3) is 5.76 Å². The lowest BCUT2D eigenvalue weighted by Crippen LogP contribution is -2.16. The van der Waals surface area contributed by atoms with Crippen molar-refractivity contribution in [3.05, 3.63) is 71.1 Å². The molecule has 0 aliphatic carbocycles. The van der Waals surface area contributed by atoms with Crippen LogP contribution in [0, 0.1) is 0 Å². The maximum Gasteiger partial charge on any atom is 0.453 e. The van der Waals surface area contributed by atoms with Gasteiger partial charge in [-0.3, -0.25) is 4.79 Å². The van der Waals surface area contributed by atoms with Gasteiger partial charge in [-0.25, -0.2) is 4.79 Å². The Kier molecular flexibility index (Phi) is 7.27. The quantitative estimate of drug-likeness (QED) is 0.321. The van der Waals surface area contributed by atoms with Gasteiger partial charge in [0, 0.05) is 6.07 Å². The second kappa shape index (κ2) is 10.1. The molecule has 0 aliphatic rings. The number of fused-ring (bicyclic) bond motifs is 1. The Bertz CT molecular complexity index is 1210. The van der Waals surface area contributed by atoms with Gasteiger partial charge in [-0.2, -0.15) is 13.2 Å². The largest absolute Gasteiger partial charge is 0.490 e. The lowest BCUT2D eigenvalue weighted by molar-refractivity contribution is -0.154. The highest BCUT2D eigenvalue weighted by molar-refractivity contribution is 5.80. The second-order valence-electron chi connectivity index (χ2n) is 6.49. The smallest absolute Gasteiger partial charge is 0.453 e. The fourth-order valence-electron chi connectivity index (χ4n) is 2.78. The fourth-order valence-corrected chi connectivity index (χ4v) is 2.78. The zero-order chi connectivity index (χ0) is 24.0. The highest BCUT2D eigenvalue weighted by Gasteiger charge is 2.40. The molecular weight excluding hydrogens is 445 g/mol. The molecule has 0 saturated carbocycles. The molecule has 0 N–H and O–H groups in total. The van der Waals surface area contributed by atoms with Crippen molar-refractivity contribution in [3.8, 4) is 23.0 Å². The van der Waals surface area contributed by atoms with Gasteiger partial charge in [-0.1, -0.05) is 24.8 Å². The van der Waals surface area contributed by atoms with Crippen LogP contribution >= 0.6 is 0 Å². The fraction of sp³-hybridized carbons (Fsp3) is 0.217. The van der Waals surface area contributed by atoms with E-state index in [1.165, 1.54) is 36.4 Å². The first kappa shape index (κ1) is 23.7. The molecule has 1 aromatic heterocycles. The molecule has 0 spiro atoms. The van der Waals surface area contributed by atoms with E-state index in [-0.39, 0.29) is 35.8 Å². The van der Waals surface area contributed by atoms with E-state index in [1.54, 1.807) is 13.0 Å². The first-order valence-electron chi connectivity index (χ1n) is 9.71. The lowest BCUT2D eigenvalue weighted by atomic mass is 10.2. The maximum atomic E-state index is 13.7. The molecule has 3 aromatic rings. The van der Waals surface area contributed by atoms with E-state index >= 15 is 0 Å². The molecule has 0 radical (unpaired) electrons. The van der Waals surface area contributed by atoms with E-state index in [0.29, 0.717) is 0 Å². The Morgan fingerprint density at radius 2 is 1.85 bits per heavy atom. The van der Waals surface area contributed by atoms with Crippen molar-refractivity contribution in [2.75, 3.05) is 19.8 Å². The van der Waals surface area contributed by atoms with Crippen molar-refractivity contribution in [3.63, 3.8) is 0 Å². The van der Waals surface area contributed by atoms with Crippen LogP contribution in [-0.4, -0.2) is 25.8 Å². The van der Waals surface area contributed by atoms with Crippen LogP contribution in [0.1, 0.15) is 12.7 Å². The first-order chi connectivity index (χ1) is 15.7. The van der Waals surface area contributed by atoms with E-state index in [4.69, 9.17) is 23.4 Å². The zero-order valence-electron chi connectivity index (χ0n) is 17.4. The second-order valence-corrected chi connectivity index (χ2v) is 6.49. The number of hydrogen-bond donors (Lipinski definition) is 0. The number of rotatable bonds is 9. The highest BCUT2D eigenvalue weighted by atomic mass is 19.4. The minimum Gasteiger partial charge on any atom is -0.490 e. The first-order valence-corrected chi connectivity index (χ1v) is 9.71. The molecule has 0 fully saturated rings. The van der Waals surface area contributed by atoms with E-state index in [1.807, 2.05) is 0 Å². The van der Waals surface area contributed by atoms with Crippen molar-refractivity contribution in [1.82, 2.24) is 0 Å². The van der Waals surface area contributed by atoms with Gasteiger partial charge in [0.2, 0.25) is 11.2 Å². The van der Waals surface area contributed by atoms with Gasteiger partial charge in [0.05, 0.1) is 12.0 Å². The summed E-state index contributed by atoms with van der Waals surface area (Å²) < 4.78 is 66.9. The van der Waals surface area contributed by atoms with Crippen LogP contribution in [0.3, 0.4) is 0 Å². The number of esters is 1. The van der Waals surface area contributed by atoms with Gasteiger partial charge in [-0.05, 0) is 31.2 Å². The Balaban J connectivity index is 2.01. The van der Waals surface area contributed by atoms with E-state index in [9.17, 15) is 22.8 Å². The molecule has 0 aliphatic heterocycles. The van der Waals surface area contributed by atoms with Crippen LogP contribution in [0.15, 0.2) is 64.3 Å². The number of hydrogen-bond acceptors (Lipinski definition) is 7. The predicted octanol–water partition coefficient (Wildman–Crippen LogP) is 5.11. The number of para-hydroxylation sites is 2. The van der Waals surface area contributed by atoms with Gasteiger partial charge in [0.1, 0.15) is 17.9 Å². The van der Waals surface area contributed by atoms with Crippen molar-refractivity contribution < 1.29 is 41.3 Å². The van der Waals surface area contributed by atoms with Gasteiger partial charge < -0.3 is 23.4 Å². The number of benzene rings is 2. The molecule has 0 bridgehead atoms. The average molecular weight is 464 g/mol. The summed E-state index contributed by atoms with van der Waals surface area (Å²) in [5.41, 5.74) is -1.43. The molecule has 174 valence electrons. The molecule has 0 unspecified atom stereocenters. The summed E-state index contributed by atoms with van der Waals surface area (Å²) in [5, 5.41) is -0.173. The van der Waals surface area contributed by atoms with Crippen molar-refractivity contribution in [1.29, 1.82) is 0 Å². The van der Waals surface area contributed by atoms with Gasteiger partial charge in [-0.15, -0.1) is 0 Å². The average Bonchev–Trinajstić information content (AvgIpc) is 2.78. The number of carbonyl (C=O) groups is 1. The Morgan fingerprint density at radius 3 is 2.52 bits per heavy atom. The summed E-state index contributed by atoms with van der Waals surface area (Å²) in [7, 11) is 0. The molecule has 1 heterocycles. The molecule has 7 nitrogen and oxygen atoms in total. The third-order valence-corrected chi connectivity index (χ3v) is 4.16. The number of halogens is 3. The maximum absolute atomic E-state index is 13.7. The molecule has 3 rings (SSSR count). The summed E-state index contributed by atoms with van der Waals surface area (Å²) in [4.78, 5) is 24.4. The van der Waals surface area contributed by atoms with E-state index in [2.05, 4.69) is 6.58 Å². The summed E-state index contributed by atoms with van der Waals surface area (Å²) in [5.74, 6) is -3.25. The third kappa shape index (κ3) is 5.65. The van der Waals surface area contributed by atoms with E-state index < -0.39 is 41.3 Å². The van der Waals surface area contributed by atoms with Crippen LogP contribution < -0.4 is 19.6 Å². The van der Waals surface area contributed by atoms with Crippen molar-refractivity contribution >= 4 is 16.9 Å². The van der Waals surface area contributed by atoms with Crippen LogP contribution in [0.4, 0.5) is 13.2 Å². The number of carbonyl (C=O) groups excluding carboxylic acids is 1. The number of alkyl halides is 3. The topological polar surface area (TPSA) is 84.2 Å². The van der Waals surface area contributed by atoms with E-state index in [0.717, 1.165) is 6.07 Å². The van der Waals surface area contributed by atoms with Gasteiger partial charge in [0.15, 0.2) is 18.1 Å². The molecule has 0 saturated heterocycles. The predicted molar refractivity (Wildman–Crippen MR) is 112 cm³/mol. The normalized spacial score (nSPS) is 11.2. The highest BCUT2D eigenvalue weighted by Crippen LogP contribution is 2.40. The molecule has 0 amide bonds. The molecule has 0 atom stereocenters. The van der Waals surface area contributed by atoms with Crippen molar-refractivity contribution in [2.45, 2.75) is 13.1 Å². The summed E-state index contributed by atoms with van der Waals surface area (Å²) in [6.07, 6.45) is -3.66. The SMILES string of the molecule is C=CCOC(=O)COc1ccc2c(=O)c(Oc3ccccc3OCC)c(C(F)(F)F)oc2c1. The van der Waals surface area contributed by atoms with Crippen LogP contribution in [0.2, 0.25) is 0 Å². The number of ether oxygens (including phenoxy) is 4. The Morgan fingerprint density at radius 1 is 1.12 bits per heavy atom. The minimum atomic E-state index is -5.03. The third-order valence-electron chi connectivity index (χ3n) is 4.16. The van der Waals surface area contributed by atoms with Gasteiger partial charge >= 0.3 is 12.1 Å². The Labute approximate surface area is 185 Å². The van der Waals surface area contributed by atoms with Crippen LogP contribution in [0.25, 0.3) is 11.0 Å². The standard InChI is InChI=1S/C23H19F3O7/c1-3-11-30-19(27)13-31-14-9-10-15-18(12-14)33-22(23(24,25)26)21(20(15)28)32-17-8-6-5-7-16(17)29-4-2/h3,5-10,12H,1,4,11,13H2,2H3. The van der Waals surface area contributed by atoms with Crippen LogP contribution in [-0.2, 0) is 15.7 Å². The monoisotopic (exact) mass is 464 g/mol. The Hall–Kier alpha value is -3.95. The lowest BCUT2D eigenvalue weighted by Gasteiger charge is -2.15. The molecular formula is C23H19F3O7. The summed E-state index contributed by atoms with van der Waals surface area (Å²) >= 11 is 0. The van der Waals surface area contributed by atoms with Crippen molar-refractivity contribution in [2.24, 2.45) is 0 Å². The molecule has 10 heteroatoms. The zero-order valence-corrected chi connectivity index (χ0v) is 17.4. The summed E-state index contributed by atoms with van der Waals surface area (Å²) in [6, 6.07) is 9.61. The minimum absolute atomic E-state index is 0.00434. The van der Waals surface area contributed by atoms with Crippen LogP contribution in [0.5, 0.6) is 23.0 Å². The summed E-state index contributed by atoms with van der Waals surface area (Å²) in [6.45, 7) is 4.82.